The molecule has 68 valence electrons. The van der Waals surface area contributed by atoms with Gasteiger partial charge in [0.2, 0.25) is 0 Å². The van der Waals surface area contributed by atoms with Crippen molar-refractivity contribution in [1.82, 2.24) is 5.32 Å². The molecule has 1 aliphatic heterocycles. The molecule has 3 heteroatoms. The molecule has 2 nitrogen and oxygen atoms in total. The molecule has 1 aromatic carbocycles. The molecule has 1 fully saturated rings. The summed E-state index contributed by atoms with van der Waals surface area (Å²) in [6.07, 6.45) is 0.519. The van der Waals surface area contributed by atoms with Crippen LogP contribution in [0, 0.1) is 5.82 Å². The van der Waals surface area contributed by atoms with E-state index in [4.69, 9.17) is 0 Å². The summed E-state index contributed by atoms with van der Waals surface area (Å²) < 4.78 is 12.6. The molecule has 0 bridgehead atoms. The SMILES string of the molecule is O=C1CNC(c2ccc(F)cc2)C1. The Morgan fingerprint density at radius 2 is 2.00 bits per heavy atom. The molecular weight excluding hydrogens is 169 g/mol. The standard InChI is InChI=1S/C10H10FNO/c11-8-3-1-7(2-4-8)10-5-9(13)6-12-10/h1-4,10,12H,5-6H2. The molecule has 0 spiro atoms. The summed E-state index contributed by atoms with van der Waals surface area (Å²) in [5.41, 5.74) is 0.979. The van der Waals surface area contributed by atoms with Gasteiger partial charge < -0.3 is 5.32 Å². The van der Waals surface area contributed by atoms with E-state index < -0.39 is 0 Å². The van der Waals surface area contributed by atoms with Crippen LogP contribution in [-0.2, 0) is 4.79 Å². The monoisotopic (exact) mass is 179 g/mol. The molecule has 1 aliphatic rings. The van der Waals surface area contributed by atoms with E-state index in [1.54, 1.807) is 12.1 Å². The molecule has 0 aromatic heterocycles. The van der Waals surface area contributed by atoms with Crippen LogP contribution < -0.4 is 5.32 Å². The van der Waals surface area contributed by atoms with Gasteiger partial charge in [-0.15, -0.1) is 0 Å². The highest BCUT2D eigenvalue weighted by molar-refractivity contribution is 5.83. The lowest BCUT2D eigenvalue weighted by molar-refractivity contribution is -0.116. The van der Waals surface area contributed by atoms with Crippen LogP contribution in [0.2, 0.25) is 0 Å². The van der Waals surface area contributed by atoms with Crippen molar-refractivity contribution in [3.63, 3.8) is 0 Å². The number of nitrogens with one attached hydrogen (secondary N) is 1. The molecule has 1 saturated heterocycles. The topological polar surface area (TPSA) is 29.1 Å². The Morgan fingerprint density at radius 3 is 2.54 bits per heavy atom. The minimum Gasteiger partial charge on any atom is -0.303 e. The number of carbonyl (C=O) groups is 1. The van der Waals surface area contributed by atoms with Crippen LogP contribution in [0.25, 0.3) is 0 Å². The maximum atomic E-state index is 12.6. The van der Waals surface area contributed by atoms with Crippen molar-refractivity contribution in [3.05, 3.63) is 35.6 Å². The van der Waals surface area contributed by atoms with Crippen molar-refractivity contribution in [3.8, 4) is 0 Å². The molecule has 1 heterocycles. The predicted molar refractivity (Wildman–Crippen MR) is 46.8 cm³/mol. The molecule has 1 unspecified atom stereocenters. The van der Waals surface area contributed by atoms with E-state index in [1.165, 1.54) is 12.1 Å². The van der Waals surface area contributed by atoms with Crippen LogP contribution in [0.5, 0.6) is 0 Å². The Morgan fingerprint density at radius 1 is 1.31 bits per heavy atom. The molecule has 0 amide bonds. The van der Waals surface area contributed by atoms with Gasteiger partial charge in [0.1, 0.15) is 11.6 Å². The van der Waals surface area contributed by atoms with E-state index in [0.29, 0.717) is 13.0 Å². The Hall–Kier alpha value is -1.22. The lowest BCUT2D eigenvalue weighted by Gasteiger charge is -2.08. The fourth-order valence-electron chi connectivity index (χ4n) is 1.54. The molecule has 0 saturated carbocycles. The minimum absolute atomic E-state index is 0.0769. The highest BCUT2D eigenvalue weighted by Gasteiger charge is 2.22. The third-order valence-corrected chi connectivity index (χ3v) is 2.25. The molecule has 0 radical (unpaired) electrons. The van der Waals surface area contributed by atoms with Crippen molar-refractivity contribution in [1.29, 1.82) is 0 Å². The zero-order chi connectivity index (χ0) is 9.26. The smallest absolute Gasteiger partial charge is 0.148 e. The molecule has 1 N–H and O–H groups in total. The van der Waals surface area contributed by atoms with Crippen molar-refractivity contribution >= 4 is 5.78 Å². The summed E-state index contributed by atoms with van der Waals surface area (Å²) in [5, 5.41) is 3.07. The van der Waals surface area contributed by atoms with Gasteiger partial charge in [-0.05, 0) is 17.7 Å². The molecule has 13 heavy (non-hydrogen) atoms. The fourth-order valence-corrected chi connectivity index (χ4v) is 1.54. The van der Waals surface area contributed by atoms with Crippen LogP contribution in [0.15, 0.2) is 24.3 Å². The Balaban J connectivity index is 2.17. The number of ketones is 1. The van der Waals surface area contributed by atoms with Crippen LogP contribution in [-0.4, -0.2) is 12.3 Å². The second-order valence-electron chi connectivity index (χ2n) is 3.23. The normalized spacial score (nSPS) is 22.2. The van der Waals surface area contributed by atoms with Crippen LogP contribution in [0.3, 0.4) is 0 Å². The first-order valence-corrected chi connectivity index (χ1v) is 4.26. The second kappa shape index (κ2) is 3.26. The van der Waals surface area contributed by atoms with Crippen molar-refractivity contribution in [2.75, 3.05) is 6.54 Å². The number of hydrogen-bond acceptors (Lipinski definition) is 2. The largest absolute Gasteiger partial charge is 0.303 e. The van der Waals surface area contributed by atoms with Gasteiger partial charge in [-0.25, -0.2) is 4.39 Å². The van der Waals surface area contributed by atoms with E-state index in [2.05, 4.69) is 5.32 Å². The number of benzene rings is 1. The van der Waals surface area contributed by atoms with Crippen LogP contribution >= 0.6 is 0 Å². The number of carbonyl (C=O) groups excluding carboxylic acids is 1. The third-order valence-electron chi connectivity index (χ3n) is 2.25. The summed E-state index contributed by atoms with van der Waals surface area (Å²) >= 11 is 0. The van der Waals surface area contributed by atoms with Crippen molar-refractivity contribution in [2.24, 2.45) is 0 Å². The third kappa shape index (κ3) is 1.75. The van der Waals surface area contributed by atoms with Crippen LogP contribution in [0.1, 0.15) is 18.0 Å². The second-order valence-corrected chi connectivity index (χ2v) is 3.23. The van der Waals surface area contributed by atoms with Gasteiger partial charge in [-0.1, -0.05) is 12.1 Å². The Labute approximate surface area is 75.8 Å². The van der Waals surface area contributed by atoms with E-state index in [-0.39, 0.29) is 17.6 Å². The van der Waals surface area contributed by atoms with Gasteiger partial charge in [-0.2, -0.15) is 0 Å². The number of rotatable bonds is 1. The Kier molecular flexibility index (Phi) is 2.10. The summed E-state index contributed by atoms with van der Waals surface area (Å²) in [5.74, 6) is -0.0256. The summed E-state index contributed by atoms with van der Waals surface area (Å²) in [7, 11) is 0. The summed E-state index contributed by atoms with van der Waals surface area (Å²) in [4.78, 5) is 11.0. The fraction of sp³-hybridized carbons (Fsp3) is 0.300. The average Bonchev–Trinajstić information content (AvgIpc) is 2.53. The van der Waals surface area contributed by atoms with Crippen molar-refractivity contribution < 1.29 is 9.18 Å². The zero-order valence-electron chi connectivity index (χ0n) is 7.09. The number of hydrogen-bond donors (Lipinski definition) is 1. The van der Waals surface area contributed by atoms with E-state index in [0.717, 1.165) is 5.56 Å². The lowest BCUT2D eigenvalue weighted by atomic mass is 10.1. The molecule has 1 aromatic rings. The van der Waals surface area contributed by atoms with E-state index in [1.807, 2.05) is 0 Å². The quantitative estimate of drug-likeness (QED) is 0.706. The first kappa shape index (κ1) is 8.38. The lowest BCUT2D eigenvalue weighted by Crippen LogP contribution is -2.13. The first-order valence-electron chi connectivity index (χ1n) is 4.26. The number of halogens is 1. The summed E-state index contributed by atoms with van der Waals surface area (Å²) in [6.45, 7) is 0.433. The van der Waals surface area contributed by atoms with Gasteiger partial charge in [0.25, 0.3) is 0 Å². The van der Waals surface area contributed by atoms with E-state index >= 15 is 0 Å². The van der Waals surface area contributed by atoms with Gasteiger partial charge in [0, 0.05) is 12.5 Å². The number of Topliss-reactive ketones (excluding diaryl/α,β-unsaturated/α-hetero) is 1. The first-order chi connectivity index (χ1) is 6.25. The minimum atomic E-state index is -0.243. The van der Waals surface area contributed by atoms with E-state index in [9.17, 15) is 9.18 Å². The molecule has 0 aliphatic carbocycles. The van der Waals surface area contributed by atoms with Gasteiger partial charge in [0.15, 0.2) is 0 Å². The van der Waals surface area contributed by atoms with Gasteiger partial charge >= 0.3 is 0 Å². The molecule has 2 rings (SSSR count). The van der Waals surface area contributed by atoms with Gasteiger partial charge in [0.05, 0.1) is 6.54 Å². The maximum Gasteiger partial charge on any atom is 0.148 e. The molecular formula is C10H10FNO. The van der Waals surface area contributed by atoms with Crippen molar-refractivity contribution in [2.45, 2.75) is 12.5 Å². The van der Waals surface area contributed by atoms with Gasteiger partial charge in [-0.3, -0.25) is 4.79 Å². The highest BCUT2D eigenvalue weighted by atomic mass is 19.1. The average molecular weight is 179 g/mol. The predicted octanol–water partition coefficient (Wildman–Crippen LogP) is 1.43. The maximum absolute atomic E-state index is 12.6. The summed E-state index contributed by atoms with van der Waals surface area (Å²) in [6, 6.07) is 6.34. The highest BCUT2D eigenvalue weighted by Crippen LogP contribution is 2.20. The zero-order valence-corrected chi connectivity index (χ0v) is 7.09. The Bertz CT molecular complexity index is 320. The molecule has 1 atom stereocenters. The van der Waals surface area contributed by atoms with Crippen LogP contribution in [0.4, 0.5) is 4.39 Å².